The van der Waals surface area contributed by atoms with E-state index in [1.807, 2.05) is 97.9 Å². The summed E-state index contributed by atoms with van der Waals surface area (Å²) in [6.07, 6.45) is -7.59. The number of rotatable bonds is 15. The summed E-state index contributed by atoms with van der Waals surface area (Å²) >= 11 is 6.78. The van der Waals surface area contributed by atoms with Gasteiger partial charge in [0.15, 0.2) is 11.7 Å². The number of carbonyl (C=O) groups excluding carboxylic acids is 3. The summed E-state index contributed by atoms with van der Waals surface area (Å²) in [6.45, 7) is 2.43. The van der Waals surface area contributed by atoms with E-state index in [1.54, 1.807) is 12.1 Å². The maximum Gasteiger partial charge on any atom is 0.303 e. The number of hydrogen-bond acceptors (Lipinski definition) is 10. The summed E-state index contributed by atoms with van der Waals surface area (Å²) in [7, 11) is 0. The Hall–Kier alpha value is -4.53. The van der Waals surface area contributed by atoms with Gasteiger partial charge in [-0.25, -0.2) is 4.39 Å². The fourth-order valence-electron chi connectivity index (χ4n) is 7.63. The van der Waals surface area contributed by atoms with E-state index in [1.165, 1.54) is 19.1 Å². The topological polar surface area (TPSA) is 119 Å². The molecule has 0 bridgehead atoms. The molecule has 0 aromatic heterocycles. The molecule has 3 heterocycles. The molecule has 3 aliphatic heterocycles. The van der Waals surface area contributed by atoms with Crippen molar-refractivity contribution in [3.05, 3.63) is 143 Å². The van der Waals surface area contributed by atoms with Crippen LogP contribution < -0.4 is 0 Å². The Bertz CT molecular complexity index is 1920. The molecule has 0 spiro atoms. The number of fused-ring (bicyclic) bond motifs is 1. The normalized spacial score (nSPS) is 28.6. The number of carbonyl (C=O) groups is 3. The Morgan fingerprint density at radius 3 is 1.60 bits per heavy atom. The van der Waals surface area contributed by atoms with Crippen molar-refractivity contribution in [1.29, 1.82) is 0 Å². The lowest BCUT2D eigenvalue weighted by Crippen LogP contribution is -2.66. The maximum atomic E-state index is 14.6. The van der Waals surface area contributed by atoms with Crippen molar-refractivity contribution in [3.8, 4) is 0 Å². The van der Waals surface area contributed by atoms with Crippen molar-refractivity contribution in [3.63, 3.8) is 0 Å². The average Bonchev–Trinajstić information content (AvgIpc) is 3.48. The number of alkyl halides is 2. The summed E-state index contributed by atoms with van der Waals surface area (Å²) in [5.41, 5.74) is 1.72. The monoisotopic (exact) mass is 801 g/mol. The molecule has 2 fully saturated rings. The number of halogens is 2. The lowest BCUT2D eigenvalue weighted by atomic mass is 9.93. The van der Waals surface area contributed by atoms with Crippen LogP contribution in [0.3, 0.4) is 0 Å². The molecule has 0 N–H and O–H groups in total. The van der Waals surface area contributed by atoms with Gasteiger partial charge in [0.2, 0.25) is 0 Å². The van der Waals surface area contributed by atoms with Crippen molar-refractivity contribution >= 4 is 29.4 Å². The Kier molecular flexibility index (Phi) is 13.4. The lowest BCUT2D eigenvalue weighted by Gasteiger charge is -2.48. The largest absolute Gasteiger partial charge is 0.457 e. The third-order valence-electron chi connectivity index (χ3n) is 10.4. The van der Waals surface area contributed by atoms with Gasteiger partial charge in [-0.15, -0.1) is 0 Å². The molecule has 3 aliphatic rings. The first-order valence-electron chi connectivity index (χ1n) is 19.0. The van der Waals surface area contributed by atoms with Crippen LogP contribution in [0.5, 0.6) is 0 Å². The first-order valence-corrected chi connectivity index (χ1v) is 19.4. The second-order valence-electron chi connectivity index (χ2n) is 14.2. The van der Waals surface area contributed by atoms with Crippen LogP contribution in [-0.4, -0.2) is 96.4 Å². The third kappa shape index (κ3) is 9.29. The molecule has 11 nitrogen and oxygen atoms in total. The highest BCUT2D eigenvalue weighted by molar-refractivity contribution is 6.24. The van der Waals surface area contributed by atoms with Gasteiger partial charge in [0.25, 0.3) is 11.8 Å². The van der Waals surface area contributed by atoms with Crippen molar-refractivity contribution in [1.82, 2.24) is 4.90 Å². The SMILES string of the molecule is CC(=O)O[C@@H]1C(CF)O[C@@H](Cl)C(N2C(=O)c3ccccc3C2=O)C1OC[C@@H]1OC(C)[C@@H](OCc2ccccc2)C(OCc2ccccc2)C1OCc1ccccc1. The number of ether oxygens (including phenoxy) is 7. The van der Waals surface area contributed by atoms with Crippen LogP contribution in [0.1, 0.15) is 51.3 Å². The molecule has 7 rings (SSSR count). The molecule has 2 saturated heterocycles. The molecule has 300 valence electrons. The van der Waals surface area contributed by atoms with E-state index in [2.05, 4.69) is 0 Å². The van der Waals surface area contributed by atoms with Gasteiger partial charge in [0.1, 0.15) is 49.3 Å². The van der Waals surface area contributed by atoms with Crippen molar-refractivity contribution in [2.45, 2.75) is 94.1 Å². The van der Waals surface area contributed by atoms with Gasteiger partial charge in [-0.1, -0.05) is 115 Å². The molecule has 6 unspecified atom stereocenters. The van der Waals surface area contributed by atoms with E-state index in [9.17, 15) is 18.8 Å². The fraction of sp³-hybridized carbons (Fsp3) is 0.386. The van der Waals surface area contributed by atoms with Crippen LogP contribution in [0.4, 0.5) is 4.39 Å². The van der Waals surface area contributed by atoms with Crippen molar-refractivity contribution in [2.75, 3.05) is 13.3 Å². The maximum absolute atomic E-state index is 14.6. The standard InChI is InChI=1S/C44H45ClFNO10/c1-27-37(51-23-29-14-6-3-7-15-29)41(53-25-31-18-10-5-11-19-31)38(52-24-30-16-8-4-9-17-30)35(55-27)26-54-40-36(42(45)57-34(22-46)39(40)56-28(2)48)47-43(49)32-20-12-13-21-33(32)44(47)50/h3-21,27,34-42H,22-26H2,1-2H3/t27?,34?,35-,36?,37+,38?,39+,40?,41?,42+/m0/s1. The summed E-state index contributed by atoms with van der Waals surface area (Å²) in [5.74, 6) is -2.02. The van der Waals surface area contributed by atoms with E-state index in [0.29, 0.717) is 0 Å². The number of nitrogens with zero attached hydrogens (tertiary/aromatic N) is 1. The van der Waals surface area contributed by atoms with Crippen LogP contribution in [0.25, 0.3) is 0 Å². The molecule has 10 atom stereocenters. The third-order valence-corrected chi connectivity index (χ3v) is 10.7. The minimum absolute atomic E-state index is 0.167. The zero-order valence-electron chi connectivity index (χ0n) is 31.6. The van der Waals surface area contributed by atoms with E-state index in [-0.39, 0.29) is 37.6 Å². The molecule has 13 heteroatoms. The Morgan fingerprint density at radius 2 is 1.11 bits per heavy atom. The molecule has 4 aromatic rings. The van der Waals surface area contributed by atoms with E-state index in [4.69, 9.17) is 44.8 Å². The Labute approximate surface area is 335 Å². The minimum Gasteiger partial charge on any atom is -0.457 e. The first-order chi connectivity index (χ1) is 27.7. The fourth-order valence-corrected chi connectivity index (χ4v) is 8.02. The highest BCUT2D eigenvalue weighted by Crippen LogP contribution is 2.37. The number of hydrogen-bond donors (Lipinski definition) is 0. The van der Waals surface area contributed by atoms with Gasteiger partial charge in [-0.05, 0) is 35.7 Å². The summed E-state index contributed by atoms with van der Waals surface area (Å²) in [4.78, 5) is 41.0. The average molecular weight is 802 g/mol. The zero-order valence-corrected chi connectivity index (χ0v) is 32.3. The quantitative estimate of drug-likeness (QED) is 0.0755. The molecular formula is C44H45ClFNO10. The van der Waals surface area contributed by atoms with Gasteiger partial charge in [0.05, 0.1) is 43.7 Å². The molecule has 0 saturated carbocycles. The van der Waals surface area contributed by atoms with E-state index in [0.717, 1.165) is 21.6 Å². The van der Waals surface area contributed by atoms with Crippen LogP contribution in [0.2, 0.25) is 0 Å². The predicted octanol–water partition coefficient (Wildman–Crippen LogP) is 6.44. The second kappa shape index (κ2) is 18.8. The predicted molar refractivity (Wildman–Crippen MR) is 206 cm³/mol. The van der Waals surface area contributed by atoms with Crippen LogP contribution in [0, 0.1) is 0 Å². The number of esters is 1. The van der Waals surface area contributed by atoms with Crippen LogP contribution in [-0.2, 0) is 57.8 Å². The highest BCUT2D eigenvalue weighted by atomic mass is 35.5. The van der Waals surface area contributed by atoms with Crippen LogP contribution >= 0.6 is 11.6 Å². The van der Waals surface area contributed by atoms with E-state index >= 15 is 0 Å². The Morgan fingerprint density at radius 1 is 0.632 bits per heavy atom. The summed E-state index contributed by atoms with van der Waals surface area (Å²) in [6, 6.07) is 34.1. The first kappa shape index (κ1) is 40.7. The molecule has 57 heavy (non-hydrogen) atoms. The molecule has 2 amide bonds. The van der Waals surface area contributed by atoms with E-state index < -0.39 is 84.9 Å². The molecule has 4 aromatic carbocycles. The van der Waals surface area contributed by atoms with Gasteiger partial charge in [-0.2, -0.15) is 0 Å². The molecule has 0 radical (unpaired) electrons. The number of amides is 2. The number of benzene rings is 4. The lowest BCUT2D eigenvalue weighted by molar-refractivity contribution is -0.277. The zero-order chi connectivity index (χ0) is 39.9. The van der Waals surface area contributed by atoms with Gasteiger partial charge in [-0.3, -0.25) is 19.3 Å². The van der Waals surface area contributed by atoms with Gasteiger partial charge in [0, 0.05) is 6.92 Å². The van der Waals surface area contributed by atoms with Crippen molar-refractivity contribution in [2.24, 2.45) is 0 Å². The number of imide groups is 1. The molecular weight excluding hydrogens is 757 g/mol. The summed E-state index contributed by atoms with van der Waals surface area (Å²) < 4.78 is 59.3. The molecule has 0 aliphatic carbocycles. The summed E-state index contributed by atoms with van der Waals surface area (Å²) in [5, 5.41) is 0. The van der Waals surface area contributed by atoms with Gasteiger partial charge < -0.3 is 33.2 Å². The highest BCUT2D eigenvalue weighted by Gasteiger charge is 2.56. The smallest absolute Gasteiger partial charge is 0.303 e. The second-order valence-corrected chi connectivity index (χ2v) is 14.7. The van der Waals surface area contributed by atoms with Crippen LogP contribution in [0.15, 0.2) is 115 Å². The minimum atomic E-state index is -1.42. The Balaban J connectivity index is 1.22. The van der Waals surface area contributed by atoms with Gasteiger partial charge >= 0.3 is 5.97 Å². The van der Waals surface area contributed by atoms with Crippen molar-refractivity contribution < 1.29 is 51.9 Å².